The largest absolute Gasteiger partial charge is 0.447 e. The van der Waals surface area contributed by atoms with Gasteiger partial charge in [0.25, 0.3) is 6.47 Å². The van der Waals surface area contributed by atoms with Gasteiger partial charge in [0.2, 0.25) is 0 Å². The van der Waals surface area contributed by atoms with Crippen LogP contribution in [0.4, 0.5) is 0 Å². The van der Waals surface area contributed by atoms with Gasteiger partial charge in [0.05, 0.1) is 0 Å². The van der Waals surface area contributed by atoms with Crippen molar-refractivity contribution in [2.75, 3.05) is 6.73 Å². The Bertz CT molecular complexity index is 321. The molecule has 3 heteroatoms. The van der Waals surface area contributed by atoms with Gasteiger partial charge in [0.15, 0.2) is 6.73 Å². The number of hydrogen-bond acceptors (Lipinski definition) is 3. The molecular weight excluding hydrogens is 178 g/mol. The molecule has 0 amide bonds. The summed E-state index contributed by atoms with van der Waals surface area (Å²) in [4.78, 5) is 9.80. The van der Waals surface area contributed by atoms with Crippen molar-refractivity contribution in [2.45, 2.75) is 6.92 Å². The molecule has 0 unspecified atom stereocenters. The molecule has 0 aliphatic heterocycles. The number of rotatable bonds is 5. The Hall–Kier alpha value is -1.77. The highest BCUT2D eigenvalue weighted by Gasteiger charge is 1.86. The van der Waals surface area contributed by atoms with Crippen LogP contribution >= 0.6 is 0 Å². The quantitative estimate of drug-likeness (QED) is 0.437. The first-order chi connectivity index (χ1) is 6.83. The standard InChI is InChI=1S/C11H13NO2/c1-10-3-2-4-11(7-10)5-6-12-8-14-9-13/h2-7,9,12H,8H2,1H3. The summed E-state index contributed by atoms with van der Waals surface area (Å²) in [5.74, 6) is 0. The van der Waals surface area contributed by atoms with E-state index in [9.17, 15) is 4.79 Å². The van der Waals surface area contributed by atoms with Crippen LogP contribution in [0.2, 0.25) is 0 Å². The van der Waals surface area contributed by atoms with Crippen LogP contribution < -0.4 is 5.32 Å². The second kappa shape index (κ2) is 5.80. The third-order valence-electron chi connectivity index (χ3n) is 1.67. The smallest absolute Gasteiger partial charge is 0.294 e. The minimum atomic E-state index is 0.200. The normalized spacial score (nSPS) is 10.1. The summed E-state index contributed by atoms with van der Waals surface area (Å²) in [6.45, 7) is 2.65. The van der Waals surface area contributed by atoms with E-state index in [-0.39, 0.29) is 6.73 Å². The van der Waals surface area contributed by atoms with E-state index in [0.29, 0.717) is 6.47 Å². The Morgan fingerprint density at radius 1 is 1.50 bits per heavy atom. The zero-order valence-electron chi connectivity index (χ0n) is 8.07. The van der Waals surface area contributed by atoms with Crippen molar-refractivity contribution in [1.82, 2.24) is 5.32 Å². The van der Waals surface area contributed by atoms with Crippen LogP contribution in [0, 0.1) is 6.92 Å². The summed E-state index contributed by atoms with van der Waals surface area (Å²) < 4.78 is 4.45. The van der Waals surface area contributed by atoms with E-state index in [1.54, 1.807) is 6.20 Å². The predicted octanol–water partition coefficient (Wildman–Crippen LogP) is 1.69. The molecule has 0 aliphatic rings. The lowest BCUT2D eigenvalue weighted by molar-refractivity contribution is -0.129. The van der Waals surface area contributed by atoms with Gasteiger partial charge in [-0.05, 0) is 24.8 Å². The van der Waals surface area contributed by atoms with Crippen LogP contribution in [-0.4, -0.2) is 13.2 Å². The molecule has 1 aromatic carbocycles. The van der Waals surface area contributed by atoms with Gasteiger partial charge in [-0.15, -0.1) is 0 Å². The van der Waals surface area contributed by atoms with Crippen LogP contribution in [0.3, 0.4) is 0 Å². The Kier molecular flexibility index (Phi) is 4.27. The minimum Gasteiger partial charge on any atom is -0.447 e. The van der Waals surface area contributed by atoms with Crippen molar-refractivity contribution in [1.29, 1.82) is 0 Å². The summed E-state index contributed by atoms with van der Waals surface area (Å²) in [6.07, 6.45) is 3.67. The predicted molar refractivity (Wildman–Crippen MR) is 55.4 cm³/mol. The van der Waals surface area contributed by atoms with Gasteiger partial charge < -0.3 is 10.1 Å². The third kappa shape index (κ3) is 3.76. The van der Waals surface area contributed by atoms with E-state index < -0.39 is 0 Å². The maximum absolute atomic E-state index is 9.80. The zero-order chi connectivity index (χ0) is 10.2. The molecule has 0 saturated carbocycles. The fourth-order valence-corrected chi connectivity index (χ4v) is 1.06. The summed E-state index contributed by atoms with van der Waals surface area (Å²) in [7, 11) is 0. The first-order valence-corrected chi connectivity index (χ1v) is 4.35. The monoisotopic (exact) mass is 191 g/mol. The van der Waals surface area contributed by atoms with Crippen LogP contribution in [0.1, 0.15) is 11.1 Å². The molecule has 1 rings (SSSR count). The third-order valence-corrected chi connectivity index (χ3v) is 1.67. The average Bonchev–Trinajstić information content (AvgIpc) is 2.18. The van der Waals surface area contributed by atoms with E-state index in [2.05, 4.69) is 16.1 Å². The van der Waals surface area contributed by atoms with Gasteiger partial charge >= 0.3 is 0 Å². The van der Waals surface area contributed by atoms with E-state index in [0.717, 1.165) is 5.56 Å². The number of hydrogen-bond donors (Lipinski definition) is 1. The molecule has 0 radical (unpaired) electrons. The molecular formula is C11H13NO2. The van der Waals surface area contributed by atoms with Crippen molar-refractivity contribution in [3.8, 4) is 0 Å². The fraction of sp³-hybridized carbons (Fsp3) is 0.182. The molecule has 0 bridgehead atoms. The Labute approximate surface area is 83.4 Å². The van der Waals surface area contributed by atoms with E-state index in [4.69, 9.17) is 0 Å². The number of benzene rings is 1. The molecule has 3 nitrogen and oxygen atoms in total. The lowest BCUT2D eigenvalue weighted by atomic mass is 10.1. The maximum Gasteiger partial charge on any atom is 0.294 e. The highest BCUT2D eigenvalue weighted by atomic mass is 16.5. The molecule has 1 N–H and O–H groups in total. The highest BCUT2D eigenvalue weighted by Crippen LogP contribution is 2.04. The molecule has 0 aliphatic carbocycles. The average molecular weight is 191 g/mol. The molecule has 0 saturated heterocycles. The number of carbonyl (C=O) groups is 1. The lowest BCUT2D eigenvalue weighted by Gasteiger charge is -1.98. The van der Waals surface area contributed by atoms with Crippen molar-refractivity contribution in [3.05, 3.63) is 41.6 Å². The first-order valence-electron chi connectivity index (χ1n) is 4.35. The van der Waals surface area contributed by atoms with Gasteiger partial charge in [0.1, 0.15) is 0 Å². The first kappa shape index (κ1) is 10.3. The van der Waals surface area contributed by atoms with Crippen molar-refractivity contribution >= 4 is 12.5 Å². The van der Waals surface area contributed by atoms with Gasteiger partial charge in [-0.3, -0.25) is 4.79 Å². The number of carbonyl (C=O) groups excluding carboxylic acids is 1. The van der Waals surface area contributed by atoms with Gasteiger partial charge in [0, 0.05) is 0 Å². The maximum atomic E-state index is 9.80. The molecule has 0 fully saturated rings. The number of ether oxygens (including phenoxy) is 1. The lowest BCUT2D eigenvalue weighted by Crippen LogP contribution is -2.09. The Balaban J connectivity index is 2.39. The summed E-state index contributed by atoms with van der Waals surface area (Å²) in [5.41, 5.74) is 2.33. The molecule has 14 heavy (non-hydrogen) atoms. The van der Waals surface area contributed by atoms with Crippen LogP contribution in [-0.2, 0) is 9.53 Å². The van der Waals surface area contributed by atoms with Crippen LogP contribution in [0.25, 0.3) is 6.08 Å². The topological polar surface area (TPSA) is 38.3 Å². The van der Waals surface area contributed by atoms with Crippen LogP contribution in [0.15, 0.2) is 30.5 Å². The fourth-order valence-electron chi connectivity index (χ4n) is 1.06. The number of aryl methyl sites for hydroxylation is 1. The summed E-state index contributed by atoms with van der Waals surface area (Å²) in [5, 5.41) is 2.82. The molecule has 1 aromatic rings. The second-order valence-electron chi connectivity index (χ2n) is 2.86. The molecule has 0 heterocycles. The zero-order valence-corrected chi connectivity index (χ0v) is 8.07. The van der Waals surface area contributed by atoms with Gasteiger partial charge in [-0.1, -0.05) is 29.8 Å². The van der Waals surface area contributed by atoms with E-state index >= 15 is 0 Å². The molecule has 74 valence electrons. The SMILES string of the molecule is Cc1cccc(C=CNCOC=O)c1. The van der Waals surface area contributed by atoms with Crippen molar-refractivity contribution in [2.24, 2.45) is 0 Å². The van der Waals surface area contributed by atoms with Gasteiger partial charge in [-0.25, -0.2) is 0 Å². The summed E-state index contributed by atoms with van der Waals surface area (Å²) in [6, 6.07) is 8.11. The van der Waals surface area contributed by atoms with Crippen molar-refractivity contribution in [3.63, 3.8) is 0 Å². The van der Waals surface area contributed by atoms with Crippen LogP contribution in [0.5, 0.6) is 0 Å². The Morgan fingerprint density at radius 2 is 2.36 bits per heavy atom. The highest BCUT2D eigenvalue weighted by molar-refractivity contribution is 5.49. The van der Waals surface area contributed by atoms with Crippen molar-refractivity contribution < 1.29 is 9.53 Å². The van der Waals surface area contributed by atoms with Gasteiger partial charge in [-0.2, -0.15) is 0 Å². The minimum absolute atomic E-state index is 0.200. The second-order valence-corrected chi connectivity index (χ2v) is 2.86. The van der Waals surface area contributed by atoms with E-state index in [1.165, 1.54) is 5.56 Å². The molecule has 0 atom stereocenters. The molecule has 0 spiro atoms. The molecule has 0 aromatic heterocycles. The summed E-state index contributed by atoms with van der Waals surface area (Å²) >= 11 is 0. The number of nitrogens with one attached hydrogen (secondary N) is 1. The Morgan fingerprint density at radius 3 is 3.07 bits per heavy atom. The van der Waals surface area contributed by atoms with E-state index in [1.807, 2.05) is 31.2 Å².